The smallest absolute Gasteiger partial charge is 0.350 e. The SMILES string of the molecule is COC(=O)c1sc(-c2ccc(Cl)cc2)cc1NC(=O)/C=C/C(=O)O. The Morgan fingerprint density at radius 2 is 1.88 bits per heavy atom. The molecule has 0 fully saturated rings. The second-order valence-corrected chi connectivity index (χ2v) is 6.00. The summed E-state index contributed by atoms with van der Waals surface area (Å²) in [5.74, 6) is -2.51. The zero-order chi connectivity index (χ0) is 17.7. The molecule has 1 aromatic carbocycles. The van der Waals surface area contributed by atoms with E-state index in [-0.39, 0.29) is 10.6 Å². The number of halogens is 1. The summed E-state index contributed by atoms with van der Waals surface area (Å²) < 4.78 is 4.71. The number of hydrogen-bond acceptors (Lipinski definition) is 5. The van der Waals surface area contributed by atoms with Gasteiger partial charge < -0.3 is 15.2 Å². The largest absolute Gasteiger partial charge is 0.478 e. The highest BCUT2D eigenvalue weighted by Gasteiger charge is 2.19. The standard InChI is InChI=1S/C16H12ClNO5S/c1-23-16(22)15-11(18-13(19)6-7-14(20)21)8-12(24-15)9-2-4-10(17)5-3-9/h2-8H,1H3,(H,18,19)(H,20,21)/b7-6+. The summed E-state index contributed by atoms with van der Waals surface area (Å²) in [4.78, 5) is 35.0. The van der Waals surface area contributed by atoms with Crippen molar-refractivity contribution >= 4 is 46.5 Å². The average Bonchev–Trinajstić information content (AvgIpc) is 2.96. The van der Waals surface area contributed by atoms with Crippen LogP contribution >= 0.6 is 22.9 Å². The minimum Gasteiger partial charge on any atom is -0.478 e. The van der Waals surface area contributed by atoms with E-state index in [0.29, 0.717) is 11.1 Å². The Labute approximate surface area is 146 Å². The molecule has 2 aromatic rings. The lowest BCUT2D eigenvalue weighted by atomic mass is 10.2. The number of anilines is 1. The maximum Gasteiger partial charge on any atom is 0.350 e. The molecule has 2 N–H and O–H groups in total. The Bertz CT molecular complexity index is 810. The summed E-state index contributed by atoms with van der Waals surface area (Å²) >= 11 is 7.00. The van der Waals surface area contributed by atoms with Gasteiger partial charge in [-0.3, -0.25) is 4.79 Å². The molecular weight excluding hydrogens is 354 g/mol. The Morgan fingerprint density at radius 1 is 1.21 bits per heavy atom. The molecule has 1 aromatic heterocycles. The lowest BCUT2D eigenvalue weighted by Crippen LogP contribution is -2.11. The van der Waals surface area contributed by atoms with E-state index >= 15 is 0 Å². The number of carboxylic acid groups (broad SMARTS) is 1. The van der Waals surface area contributed by atoms with Crippen molar-refractivity contribution in [2.75, 3.05) is 12.4 Å². The van der Waals surface area contributed by atoms with E-state index in [0.717, 1.165) is 27.9 Å². The molecule has 1 heterocycles. The monoisotopic (exact) mass is 365 g/mol. The van der Waals surface area contributed by atoms with Gasteiger partial charge in [0.15, 0.2) is 0 Å². The van der Waals surface area contributed by atoms with Gasteiger partial charge in [0.1, 0.15) is 4.88 Å². The molecule has 124 valence electrons. The number of nitrogens with one attached hydrogen (secondary N) is 1. The molecular formula is C16H12ClNO5S. The number of aliphatic carboxylic acids is 1. The van der Waals surface area contributed by atoms with Gasteiger partial charge in [0, 0.05) is 22.1 Å². The second kappa shape index (κ2) is 7.76. The summed E-state index contributed by atoms with van der Waals surface area (Å²) in [7, 11) is 1.24. The molecule has 0 aliphatic heterocycles. The van der Waals surface area contributed by atoms with Crippen LogP contribution in [0, 0.1) is 0 Å². The molecule has 2 rings (SSSR count). The normalized spacial score (nSPS) is 10.6. The number of amides is 1. The van der Waals surface area contributed by atoms with Crippen LogP contribution in [-0.4, -0.2) is 30.1 Å². The zero-order valence-electron chi connectivity index (χ0n) is 12.4. The van der Waals surface area contributed by atoms with Gasteiger partial charge in [-0.2, -0.15) is 0 Å². The highest BCUT2D eigenvalue weighted by molar-refractivity contribution is 7.18. The summed E-state index contributed by atoms with van der Waals surface area (Å²) in [5.41, 5.74) is 1.06. The van der Waals surface area contributed by atoms with Crippen molar-refractivity contribution in [2.24, 2.45) is 0 Å². The van der Waals surface area contributed by atoms with Crippen molar-refractivity contribution in [2.45, 2.75) is 0 Å². The third-order valence-corrected chi connectivity index (χ3v) is 4.28. The highest BCUT2D eigenvalue weighted by atomic mass is 35.5. The predicted molar refractivity (Wildman–Crippen MR) is 91.5 cm³/mol. The number of methoxy groups -OCH3 is 1. The molecule has 0 aliphatic carbocycles. The first-order valence-corrected chi connectivity index (χ1v) is 7.80. The quantitative estimate of drug-likeness (QED) is 0.625. The van der Waals surface area contributed by atoms with Gasteiger partial charge in [-0.1, -0.05) is 23.7 Å². The van der Waals surface area contributed by atoms with E-state index in [1.807, 2.05) is 0 Å². The first-order valence-electron chi connectivity index (χ1n) is 6.60. The number of carbonyl (C=O) groups is 3. The summed E-state index contributed by atoms with van der Waals surface area (Å²) in [6.07, 6.45) is 1.57. The fourth-order valence-electron chi connectivity index (χ4n) is 1.81. The van der Waals surface area contributed by atoms with Gasteiger partial charge in [0.25, 0.3) is 0 Å². The van der Waals surface area contributed by atoms with E-state index < -0.39 is 17.8 Å². The summed E-state index contributed by atoms with van der Waals surface area (Å²) in [6.45, 7) is 0. The van der Waals surface area contributed by atoms with Crippen LogP contribution in [0.4, 0.5) is 5.69 Å². The van der Waals surface area contributed by atoms with Crippen LogP contribution in [0.3, 0.4) is 0 Å². The van der Waals surface area contributed by atoms with Gasteiger partial charge in [-0.15, -0.1) is 11.3 Å². The number of esters is 1. The summed E-state index contributed by atoms with van der Waals surface area (Å²) in [5, 5.41) is 11.6. The molecule has 1 amide bonds. The first-order chi connectivity index (χ1) is 11.4. The lowest BCUT2D eigenvalue weighted by molar-refractivity contribution is -0.131. The van der Waals surface area contributed by atoms with Gasteiger partial charge in [-0.25, -0.2) is 9.59 Å². The van der Waals surface area contributed by atoms with Crippen LogP contribution in [-0.2, 0) is 14.3 Å². The third kappa shape index (κ3) is 4.43. The van der Waals surface area contributed by atoms with Crippen molar-refractivity contribution in [3.05, 3.63) is 52.4 Å². The number of hydrogen-bond donors (Lipinski definition) is 2. The van der Waals surface area contributed by atoms with Crippen LogP contribution < -0.4 is 5.32 Å². The average molecular weight is 366 g/mol. The Kier molecular flexibility index (Phi) is 5.73. The Morgan fingerprint density at radius 3 is 2.46 bits per heavy atom. The number of thiophene rings is 1. The van der Waals surface area contributed by atoms with Crippen LogP contribution in [0.25, 0.3) is 10.4 Å². The van der Waals surface area contributed by atoms with E-state index in [9.17, 15) is 14.4 Å². The molecule has 8 heteroatoms. The van der Waals surface area contributed by atoms with Crippen LogP contribution in [0.1, 0.15) is 9.67 Å². The van der Waals surface area contributed by atoms with Crippen molar-refractivity contribution in [1.82, 2.24) is 0 Å². The molecule has 6 nitrogen and oxygen atoms in total. The topological polar surface area (TPSA) is 92.7 Å². The minimum atomic E-state index is -1.24. The third-order valence-electron chi connectivity index (χ3n) is 2.87. The minimum absolute atomic E-state index is 0.208. The Balaban J connectivity index is 2.35. The van der Waals surface area contributed by atoms with Gasteiger partial charge in [0.2, 0.25) is 5.91 Å². The fraction of sp³-hybridized carbons (Fsp3) is 0.0625. The van der Waals surface area contributed by atoms with Gasteiger partial charge in [0.05, 0.1) is 12.8 Å². The molecule has 0 saturated heterocycles. The van der Waals surface area contributed by atoms with Crippen molar-refractivity contribution in [1.29, 1.82) is 0 Å². The zero-order valence-corrected chi connectivity index (χ0v) is 14.0. The molecule has 0 saturated carbocycles. The fourth-order valence-corrected chi connectivity index (χ4v) is 2.97. The highest BCUT2D eigenvalue weighted by Crippen LogP contribution is 2.35. The lowest BCUT2D eigenvalue weighted by Gasteiger charge is -2.02. The Hall–Kier alpha value is -2.64. The maximum atomic E-state index is 11.9. The van der Waals surface area contributed by atoms with Crippen LogP contribution in [0.15, 0.2) is 42.5 Å². The second-order valence-electron chi connectivity index (χ2n) is 4.51. The maximum absolute atomic E-state index is 11.9. The molecule has 0 radical (unpaired) electrons. The van der Waals surface area contributed by atoms with Crippen LogP contribution in [0.2, 0.25) is 5.02 Å². The summed E-state index contributed by atoms with van der Waals surface area (Å²) in [6, 6.07) is 8.60. The number of carbonyl (C=O) groups excluding carboxylic acids is 2. The van der Waals surface area contributed by atoms with Crippen molar-refractivity contribution in [3.63, 3.8) is 0 Å². The molecule has 0 atom stereocenters. The van der Waals surface area contributed by atoms with Crippen LogP contribution in [0.5, 0.6) is 0 Å². The van der Waals surface area contributed by atoms with E-state index in [2.05, 4.69) is 5.32 Å². The number of carboxylic acids is 1. The number of benzene rings is 1. The van der Waals surface area contributed by atoms with E-state index in [1.165, 1.54) is 7.11 Å². The van der Waals surface area contributed by atoms with Crippen molar-refractivity contribution in [3.8, 4) is 10.4 Å². The molecule has 24 heavy (non-hydrogen) atoms. The molecule has 0 aliphatic rings. The first kappa shape index (κ1) is 17.7. The van der Waals surface area contributed by atoms with Crippen molar-refractivity contribution < 1.29 is 24.2 Å². The predicted octanol–water partition coefficient (Wildman–Crippen LogP) is 3.43. The molecule has 0 spiro atoms. The molecule has 0 bridgehead atoms. The molecule has 0 unspecified atom stereocenters. The van der Waals surface area contributed by atoms with Gasteiger partial charge >= 0.3 is 11.9 Å². The van der Waals surface area contributed by atoms with E-state index in [4.69, 9.17) is 21.4 Å². The van der Waals surface area contributed by atoms with E-state index in [1.54, 1.807) is 30.3 Å². The number of rotatable bonds is 5. The van der Waals surface area contributed by atoms with Gasteiger partial charge in [-0.05, 0) is 23.8 Å². The number of ether oxygens (including phenoxy) is 1.